The molecule has 188 valence electrons. The average molecular weight is 494 g/mol. The zero-order chi connectivity index (χ0) is 24.6. The molecule has 35 heavy (non-hydrogen) atoms. The third-order valence-electron chi connectivity index (χ3n) is 7.64. The first-order valence-electron chi connectivity index (χ1n) is 13.1. The molecular formula is C29H39N3O2S. The first-order valence-corrected chi connectivity index (χ1v) is 14.1. The van der Waals surface area contributed by atoms with Crippen LogP contribution >= 0.6 is 11.8 Å². The molecular weight excluding hydrogens is 454 g/mol. The number of benzene rings is 2. The van der Waals surface area contributed by atoms with Gasteiger partial charge in [0.05, 0.1) is 11.3 Å². The molecule has 1 atom stereocenters. The van der Waals surface area contributed by atoms with Crippen LogP contribution in [0.2, 0.25) is 0 Å². The Bertz CT molecular complexity index is 1000. The molecule has 1 N–H and O–H groups in total. The van der Waals surface area contributed by atoms with Crippen LogP contribution in [0.25, 0.3) is 0 Å². The molecule has 0 saturated heterocycles. The molecule has 1 aliphatic carbocycles. The van der Waals surface area contributed by atoms with Crippen molar-refractivity contribution in [3.63, 3.8) is 0 Å². The lowest BCUT2D eigenvalue weighted by Crippen LogP contribution is -2.45. The summed E-state index contributed by atoms with van der Waals surface area (Å²) in [6.07, 6.45) is 7.95. The highest BCUT2D eigenvalue weighted by atomic mass is 32.2. The van der Waals surface area contributed by atoms with Gasteiger partial charge in [0, 0.05) is 43.7 Å². The van der Waals surface area contributed by atoms with Crippen molar-refractivity contribution in [2.45, 2.75) is 75.4 Å². The second kappa shape index (κ2) is 12.6. The van der Waals surface area contributed by atoms with Crippen molar-refractivity contribution in [2.75, 3.05) is 25.9 Å². The molecule has 4 rings (SSSR count). The van der Waals surface area contributed by atoms with Crippen molar-refractivity contribution in [3.8, 4) is 0 Å². The number of nitrogens with one attached hydrogen (secondary N) is 1. The van der Waals surface area contributed by atoms with Gasteiger partial charge in [-0.2, -0.15) is 0 Å². The summed E-state index contributed by atoms with van der Waals surface area (Å²) in [5.41, 5.74) is 3.50. The minimum absolute atomic E-state index is 0.0583. The SMILES string of the molecule is CCC(CNC(=O)c1ccccc1SCC(=O)N(C)C1CCCCC1)N1CCc2ccccc2C1. The van der Waals surface area contributed by atoms with Gasteiger partial charge in [-0.15, -0.1) is 11.8 Å². The van der Waals surface area contributed by atoms with E-state index in [-0.39, 0.29) is 11.8 Å². The topological polar surface area (TPSA) is 52.7 Å². The first-order chi connectivity index (χ1) is 17.1. The molecule has 2 aliphatic rings. The van der Waals surface area contributed by atoms with E-state index in [1.165, 1.54) is 42.2 Å². The van der Waals surface area contributed by atoms with E-state index < -0.39 is 0 Å². The summed E-state index contributed by atoms with van der Waals surface area (Å²) in [4.78, 5) is 31.3. The smallest absolute Gasteiger partial charge is 0.252 e. The van der Waals surface area contributed by atoms with E-state index in [0.29, 0.717) is 29.9 Å². The molecule has 1 unspecified atom stereocenters. The Morgan fingerprint density at radius 1 is 1.06 bits per heavy atom. The fraction of sp³-hybridized carbons (Fsp3) is 0.517. The number of fused-ring (bicyclic) bond motifs is 1. The second-order valence-electron chi connectivity index (χ2n) is 9.84. The maximum atomic E-state index is 13.2. The molecule has 2 aromatic carbocycles. The van der Waals surface area contributed by atoms with Crippen LogP contribution in [0.5, 0.6) is 0 Å². The highest BCUT2D eigenvalue weighted by Gasteiger charge is 2.24. The van der Waals surface area contributed by atoms with Gasteiger partial charge >= 0.3 is 0 Å². The van der Waals surface area contributed by atoms with E-state index in [1.807, 2.05) is 36.2 Å². The molecule has 0 spiro atoms. The highest BCUT2D eigenvalue weighted by Crippen LogP contribution is 2.26. The first kappa shape index (κ1) is 25.8. The molecule has 0 radical (unpaired) electrons. The van der Waals surface area contributed by atoms with Crippen LogP contribution in [-0.4, -0.2) is 59.6 Å². The van der Waals surface area contributed by atoms with E-state index >= 15 is 0 Å². The second-order valence-corrected chi connectivity index (χ2v) is 10.9. The molecule has 2 amide bonds. The number of hydrogen-bond acceptors (Lipinski definition) is 4. The van der Waals surface area contributed by atoms with E-state index in [1.54, 1.807) is 0 Å². The van der Waals surface area contributed by atoms with Crippen LogP contribution in [0.3, 0.4) is 0 Å². The van der Waals surface area contributed by atoms with Crippen LogP contribution < -0.4 is 5.32 Å². The predicted octanol–water partition coefficient (Wildman–Crippen LogP) is 5.14. The van der Waals surface area contributed by atoms with Gasteiger partial charge < -0.3 is 10.2 Å². The maximum absolute atomic E-state index is 13.2. The van der Waals surface area contributed by atoms with Gasteiger partial charge in [0.15, 0.2) is 0 Å². The Kier molecular flexibility index (Phi) is 9.27. The van der Waals surface area contributed by atoms with Crippen molar-refractivity contribution < 1.29 is 9.59 Å². The van der Waals surface area contributed by atoms with Crippen LogP contribution in [0.1, 0.15) is 66.9 Å². The summed E-state index contributed by atoms with van der Waals surface area (Å²) < 4.78 is 0. The summed E-state index contributed by atoms with van der Waals surface area (Å²) in [7, 11) is 1.93. The third-order valence-corrected chi connectivity index (χ3v) is 8.70. The summed E-state index contributed by atoms with van der Waals surface area (Å²) >= 11 is 1.47. The number of hydrogen-bond donors (Lipinski definition) is 1. The van der Waals surface area contributed by atoms with Gasteiger partial charge in [0.1, 0.15) is 0 Å². The number of amides is 2. The van der Waals surface area contributed by atoms with E-state index in [4.69, 9.17) is 0 Å². The number of carbonyl (C=O) groups is 2. The molecule has 0 aromatic heterocycles. The average Bonchev–Trinajstić information content (AvgIpc) is 2.92. The molecule has 1 aliphatic heterocycles. The fourth-order valence-corrected chi connectivity index (χ4v) is 6.33. The van der Waals surface area contributed by atoms with Gasteiger partial charge in [-0.25, -0.2) is 0 Å². The van der Waals surface area contributed by atoms with Crippen LogP contribution in [0, 0.1) is 0 Å². The lowest BCUT2D eigenvalue weighted by molar-refractivity contribution is -0.129. The Morgan fingerprint density at radius 3 is 2.54 bits per heavy atom. The molecule has 0 bridgehead atoms. The quantitative estimate of drug-likeness (QED) is 0.492. The minimum atomic E-state index is -0.0583. The zero-order valence-corrected chi connectivity index (χ0v) is 22.0. The van der Waals surface area contributed by atoms with E-state index in [2.05, 4.69) is 41.4 Å². The maximum Gasteiger partial charge on any atom is 0.252 e. The lowest BCUT2D eigenvalue weighted by Gasteiger charge is -2.35. The Hall–Kier alpha value is -2.31. The van der Waals surface area contributed by atoms with Gasteiger partial charge in [0.25, 0.3) is 5.91 Å². The fourth-order valence-electron chi connectivity index (χ4n) is 5.36. The van der Waals surface area contributed by atoms with Crippen LogP contribution in [0.4, 0.5) is 0 Å². The Labute approximate surface area is 214 Å². The summed E-state index contributed by atoms with van der Waals surface area (Å²) in [5, 5.41) is 3.18. The molecule has 1 heterocycles. The van der Waals surface area contributed by atoms with E-state index in [9.17, 15) is 9.59 Å². The minimum Gasteiger partial charge on any atom is -0.350 e. The van der Waals surface area contributed by atoms with Gasteiger partial charge in [-0.3, -0.25) is 14.5 Å². The highest BCUT2D eigenvalue weighted by molar-refractivity contribution is 8.00. The van der Waals surface area contributed by atoms with Crippen molar-refractivity contribution in [1.82, 2.24) is 15.1 Å². The standard InChI is InChI=1S/C29H39N3O2S/c1-3-24(32-18-17-22-11-7-8-12-23(22)20-32)19-30-29(34)26-15-9-10-16-27(26)35-21-28(33)31(2)25-13-5-4-6-14-25/h7-12,15-16,24-25H,3-6,13-14,17-21H2,1-2H3,(H,30,34). The zero-order valence-electron chi connectivity index (χ0n) is 21.2. The summed E-state index contributed by atoms with van der Waals surface area (Å²) in [6.45, 7) is 4.78. The Balaban J connectivity index is 1.32. The third kappa shape index (κ3) is 6.68. The molecule has 2 aromatic rings. The number of nitrogens with zero attached hydrogens (tertiary/aromatic N) is 2. The van der Waals surface area contributed by atoms with Gasteiger partial charge in [-0.05, 0) is 48.9 Å². The van der Waals surface area contributed by atoms with Gasteiger partial charge in [-0.1, -0.05) is 62.6 Å². The Morgan fingerprint density at radius 2 is 1.77 bits per heavy atom. The number of thioether (sulfide) groups is 1. The normalized spacial score (nSPS) is 17.4. The van der Waals surface area contributed by atoms with Crippen molar-refractivity contribution in [2.24, 2.45) is 0 Å². The van der Waals surface area contributed by atoms with Crippen LogP contribution in [-0.2, 0) is 17.8 Å². The lowest BCUT2D eigenvalue weighted by atomic mass is 9.94. The summed E-state index contributed by atoms with van der Waals surface area (Å²) in [6, 6.07) is 17.0. The summed E-state index contributed by atoms with van der Waals surface area (Å²) in [5.74, 6) is 0.452. The molecule has 1 saturated carbocycles. The number of rotatable bonds is 9. The van der Waals surface area contributed by atoms with Gasteiger partial charge in [0.2, 0.25) is 5.91 Å². The van der Waals surface area contributed by atoms with Crippen molar-refractivity contribution in [3.05, 3.63) is 65.2 Å². The molecule has 6 heteroatoms. The number of carbonyl (C=O) groups excluding carboxylic acids is 2. The molecule has 1 fully saturated rings. The molecule has 5 nitrogen and oxygen atoms in total. The van der Waals surface area contributed by atoms with Crippen molar-refractivity contribution >= 4 is 23.6 Å². The van der Waals surface area contributed by atoms with E-state index in [0.717, 1.165) is 43.7 Å². The predicted molar refractivity (Wildman–Crippen MR) is 144 cm³/mol. The van der Waals surface area contributed by atoms with Crippen LogP contribution in [0.15, 0.2) is 53.4 Å². The van der Waals surface area contributed by atoms with Crippen molar-refractivity contribution in [1.29, 1.82) is 0 Å². The monoisotopic (exact) mass is 493 g/mol. The largest absolute Gasteiger partial charge is 0.350 e.